The Morgan fingerprint density at radius 3 is 2.64 bits per heavy atom. The Bertz CT molecular complexity index is 536. The molecule has 1 amide bonds. The zero-order chi connectivity index (χ0) is 16.8. The summed E-state index contributed by atoms with van der Waals surface area (Å²) in [5.41, 5.74) is 1.39. The largest absolute Gasteiger partial charge is 0.351 e. The van der Waals surface area contributed by atoms with Crippen molar-refractivity contribution in [1.29, 1.82) is 0 Å². The van der Waals surface area contributed by atoms with Gasteiger partial charge in [0.05, 0.1) is 11.7 Å². The molecule has 1 aliphatic heterocycles. The third-order valence-electron chi connectivity index (χ3n) is 5.60. The van der Waals surface area contributed by atoms with E-state index < -0.39 is 0 Å². The van der Waals surface area contributed by atoms with Crippen LogP contribution in [0.2, 0.25) is 0 Å². The second-order valence-electron chi connectivity index (χ2n) is 7.35. The number of piperidine rings is 1. The summed E-state index contributed by atoms with van der Waals surface area (Å²) < 4.78 is 1.94. The summed E-state index contributed by atoms with van der Waals surface area (Å²) in [5.74, 6) is 0.800. The Balaban J connectivity index is 0.00000225. The molecule has 2 fully saturated rings. The van der Waals surface area contributed by atoms with Gasteiger partial charge < -0.3 is 10.6 Å². The lowest BCUT2D eigenvalue weighted by molar-refractivity contribution is 0.0946. The van der Waals surface area contributed by atoms with Gasteiger partial charge in [-0.1, -0.05) is 37.3 Å². The zero-order valence-corrected chi connectivity index (χ0v) is 16.1. The fourth-order valence-corrected chi connectivity index (χ4v) is 4.10. The van der Waals surface area contributed by atoms with Crippen LogP contribution in [0.15, 0.2) is 0 Å². The van der Waals surface area contributed by atoms with Gasteiger partial charge in [0.15, 0.2) is 5.69 Å². The number of carbonyl (C=O) groups is 1. The highest BCUT2D eigenvalue weighted by molar-refractivity contribution is 5.93. The van der Waals surface area contributed by atoms with Gasteiger partial charge in [-0.15, -0.1) is 17.5 Å². The minimum atomic E-state index is -0.0728. The Labute approximate surface area is 156 Å². The molecule has 1 saturated heterocycles. The van der Waals surface area contributed by atoms with Crippen LogP contribution < -0.4 is 10.6 Å². The van der Waals surface area contributed by atoms with E-state index in [4.69, 9.17) is 0 Å². The van der Waals surface area contributed by atoms with Gasteiger partial charge >= 0.3 is 0 Å². The van der Waals surface area contributed by atoms with Gasteiger partial charge in [0, 0.05) is 6.54 Å². The number of rotatable bonds is 6. The number of halogens is 1. The normalized spacial score (nSPS) is 19.4. The molecule has 1 aromatic heterocycles. The molecule has 25 heavy (non-hydrogen) atoms. The molecule has 1 aromatic rings. The van der Waals surface area contributed by atoms with Gasteiger partial charge in [-0.2, -0.15) is 0 Å². The summed E-state index contributed by atoms with van der Waals surface area (Å²) in [6.07, 6.45) is 11.3. The monoisotopic (exact) mass is 369 g/mol. The Kier molecular flexibility index (Phi) is 8.16. The van der Waals surface area contributed by atoms with Crippen LogP contribution in [0.4, 0.5) is 0 Å². The first-order valence-corrected chi connectivity index (χ1v) is 9.66. The van der Waals surface area contributed by atoms with Crippen molar-refractivity contribution < 1.29 is 4.79 Å². The van der Waals surface area contributed by atoms with Crippen molar-refractivity contribution in [2.75, 3.05) is 19.6 Å². The number of nitrogens with zero attached hydrogens (tertiary/aromatic N) is 3. The maximum absolute atomic E-state index is 12.4. The molecule has 2 aliphatic rings. The lowest BCUT2D eigenvalue weighted by Gasteiger charge is -2.23. The van der Waals surface area contributed by atoms with E-state index in [-0.39, 0.29) is 18.3 Å². The molecule has 3 rings (SSSR count). The minimum absolute atomic E-state index is 0. The van der Waals surface area contributed by atoms with E-state index in [1.54, 1.807) is 0 Å². The molecule has 0 atom stereocenters. The van der Waals surface area contributed by atoms with Gasteiger partial charge in [-0.05, 0) is 51.6 Å². The first-order valence-electron chi connectivity index (χ1n) is 9.66. The summed E-state index contributed by atoms with van der Waals surface area (Å²) in [4.78, 5) is 12.4. The predicted octanol–water partition coefficient (Wildman–Crippen LogP) is 3.02. The smallest absolute Gasteiger partial charge is 0.273 e. The number of hydrogen-bond donors (Lipinski definition) is 2. The van der Waals surface area contributed by atoms with E-state index in [1.807, 2.05) is 11.6 Å². The second kappa shape index (κ2) is 10.1. The van der Waals surface area contributed by atoms with Crippen molar-refractivity contribution >= 4 is 18.3 Å². The van der Waals surface area contributed by atoms with Crippen LogP contribution in [-0.4, -0.2) is 40.5 Å². The SMILES string of the molecule is Cc1c(C(=O)NCCCC2CCCCC2)nnn1C1CCNCC1.Cl. The van der Waals surface area contributed by atoms with E-state index in [2.05, 4.69) is 20.9 Å². The van der Waals surface area contributed by atoms with Crippen molar-refractivity contribution in [2.24, 2.45) is 5.92 Å². The third kappa shape index (κ3) is 5.42. The maximum Gasteiger partial charge on any atom is 0.273 e. The first-order chi connectivity index (χ1) is 11.8. The molecule has 1 aliphatic carbocycles. The topological polar surface area (TPSA) is 71.8 Å². The summed E-state index contributed by atoms with van der Waals surface area (Å²) in [6, 6.07) is 0.367. The highest BCUT2D eigenvalue weighted by Gasteiger charge is 2.22. The minimum Gasteiger partial charge on any atom is -0.351 e. The molecule has 2 N–H and O–H groups in total. The molecule has 2 heterocycles. The Hall–Kier alpha value is -1.14. The van der Waals surface area contributed by atoms with Crippen molar-refractivity contribution in [2.45, 2.75) is 70.8 Å². The molecule has 6 nitrogen and oxygen atoms in total. The fraction of sp³-hybridized carbons (Fsp3) is 0.833. The highest BCUT2D eigenvalue weighted by atomic mass is 35.5. The molecule has 7 heteroatoms. The second-order valence-corrected chi connectivity index (χ2v) is 7.35. The third-order valence-corrected chi connectivity index (χ3v) is 5.60. The highest BCUT2D eigenvalue weighted by Crippen LogP contribution is 2.27. The molecule has 0 bridgehead atoms. The summed E-state index contributed by atoms with van der Waals surface area (Å²) in [6.45, 7) is 4.72. The molecule has 0 spiro atoms. The van der Waals surface area contributed by atoms with Crippen molar-refractivity contribution in [1.82, 2.24) is 25.6 Å². The lowest BCUT2D eigenvalue weighted by atomic mass is 9.86. The van der Waals surface area contributed by atoms with E-state index in [0.29, 0.717) is 11.7 Å². The average molecular weight is 370 g/mol. The zero-order valence-electron chi connectivity index (χ0n) is 15.3. The lowest BCUT2D eigenvalue weighted by Crippen LogP contribution is -2.30. The van der Waals surface area contributed by atoms with Gasteiger partial charge in [0.25, 0.3) is 5.91 Å². The van der Waals surface area contributed by atoms with E-state index in [0.717, 1.165) is 50.5 Å². The van der Waals surface area contributed by atoms with Crippen molar-refractivity contribution in [3.05, 3.63) is 11.4 Å². The Morgan fingerprint density at radius 2 is 1.92 bits per heavy atom. The van der Waals surface area contributed by atoms with Crippen LogP contribution in [0.3, 0.4) is 0 Å². The van der Waals surface area contributed by atoms with E-state index in [1.165, 1.54) is 38.5 Å². The van der Waals surface area contributed by atoms with Crippen molar-refractivity contribution in [3.8, 4) is 0 Å². The van der Waals surface area contributed by atoms with Crippen LogP contribution in [-0.2, 0) is 0 Å². The van der Waals surface area contributed by atoms with Gasteiger partial charge in [0.1, 0.15) is 0 Å². The number of hydrogen-bond acceptors (Lipinski definition) is 4. The van der Waals surface area contributed by atoms with E-state index >= 15 is 0 Å². The predicted molar refractivity (Wildman–Crippen MR) is 101 cm³/mol. The fourth-order valence-electron chi connectivity index (χ4n) is 4.10. The van der Waals surface area contributed by atoms with Gasteiger partial charge in [-0.3, -0.25) is 4.79 Å². The average Bonchev–Trinajstić information content (AvgIpc) is 3.02. The number of amides is 1. The van der Waals surface area contributed by atoms with Gasteiger partial charge in [-0.25, -0.2) is 4.68 Å². The first kappa shape index (κ1) is 20.2. The molecule has 142 valence electrons. The Morgan fingerprint density at radius 1 is 1.20 bits per heavy atom. The van der Waals surface area contributed by atoms with Crippen LogP contribution in [0.25, 0.3) is 0 Å². The number of aromatic nitrogens is 3. The molecular weight excluding hydrogens is 338 g/mol. The van der Waals surface area contributed by atoms with Crippen LogP contribution in [0.1, 0.15) is 80.0 Å². The quantitative estimate of drug-likeness (QED) is 0.756. The maximum atomic E-state index is 12.4. The molecule has 1 saturated carbocycles. The number of carbonyl (C=O) groups excluding carboxylic acids is 1. The van der Waals surface area contributed by atoms with Gasteiger partial charge in [0.2, 0.25) is 0 Å². The standard InChI is InChI=1S/C18H31N5O.ClH/c1-14-17(21-22-23(14)16-9-12-19-13-10-16)18(24)20-11-5-8-15-6-3-2-4-7-15;/h15-16,19H,2-13H2,1H3,(H,20,24);1H. The van der Waals surface area contributed by atoms with Crippen molar-refractivity contribution in [3.63, 3.8) is 0 Å². The summed E-state index contributed by atoms with van der Waals surface area (Å²) in [7, 11) is 0. The van der Waals surface area contributed by atoms with Crippen LogP contribution in [0.5, 0.6) is 0 Å². The molecule has 0 radical (unpaired) electrons. The van der Waals surface area contributed by atoms with Crippen LogP contribution >= 0.6 is 12.4 Å². The van der Waals surface area contributed by atoms with E-state index in [9.17, 15) is 4.79 Å². The number of nitrogens with one attached hydrogen (secondary N) is 2. The molecule has 0 aromatic carbocycles. The summed E-state index contributed by atoms with van der Waals surface area (Å²) >= 11 is 0. The molecular formula is C18H32ClN5O. The summed E-state index contributed by atoms with van der Waals surface area (Å²) in [5, 5.41) is 14.8. The molecule has 0 unspecified atom stereocenters. The van der Waals surface area contributed by atoms with Crippen LogP contribution in [0, 0.1) is 12.8 Å².